The fourth-order valence-electron chi connectivity index (χ4n) is 0.873. The SMILES string of the molecule is C#CC(C)(C)NC(=O)N(CC)CC(=O)O. The minimum atomic E-state index is -1.05. The molecule has 0 bridgehead atoms. The number of rotatable bonds is 4. The summed E-state index contributed by atoms with van der Waals surface area (Å²) in [6.45, 7) is 5.02. The smallest absolute Gasteiger partial charge is 0.323 e. The van der Waals surface area contributed by atoms with Gasteiger partial charge in [-0.15, -0.1) is 6.42 Å². The van der Waals surface area contributed by atoms with Crippen molar-refractivity contribution in [3.8, 4) is 12.3 Å². The van der Waals surface area contributed by atoms with E-state index in [1.54, 1.807) is 20.8 Å². The lowest BCUT2D eigenvalue weighted by atomic mass is 10.1. The van der Waals surface area contributed by atoms with Gasteiger partial charge in [0.1, 0.15) is 6.54 Å². The number of carbonyl (C=O) groups excluding carboxylic acids is 1. The summed E-state index contributed by atoms with van der Waals surface area (Å²) in [6.07, 6.45) is 5.20. The van der Waals surface area contributed by atoms with Crippen LogP contribution in [0.15, 0.2) is 0 Å². The second kappa shape index (κ2) is 5.25. The van der Waals surface area contributed by atoms with Crippen molar-refractivity contribution in [2.45, 2.75) is 26.3 Å². The monoisotopic (exact) mass is 212 g/mol. The van der Waals surface area contributed by atoms with Gasteiger partial charge in [-0.1, -0.05) is 5.92 Å². The molecule has 0 heterocycles. The number of likely N-dealkylation sites (N-methyl/N-ethyl adjacent to an activating group) is 1. The highest BCUT2D eigenvalue weighted by Crippen LogP contribution is 2.01. The van der Waals surface area contributed by atoms with Crippen molar-refractivity contribution >= 4 is 12.0 Å². The Morgan fingerprint density at radius 3 is 2.40 bits per heavy atom. The van der Waals surface area contributed by atoms with Crippen molar-refractivity contribution in [2.24, 2.45) is 0 Å². The zero-order chi connectivity index (χ0) is 12.1. The number of carbonyl (C=O) groups is 2. The van der Waals surface area contributed by atoms with Crippen LogP contribution in [0.5, 0.6) is 0 Å². The molecule has 0 saturated carbocycles. The van der Waals surface area contributed by atoms with Gasteiger partial charge in [0.2, 0.25) is 0 Å². The molecule has 0 atom stereocenters. The molecule has 5 heteroatoms. The molecular formula is C10H16N2O3. The van der Waals surface area contributed by atoms with Crippen molar-refractivity contribution in [3.63, 3.8) is 0 Å². The molecule has 0 spiro atoms. The van der Waals surface area contributed by atoms with Gasteiger partial charge < -0.3 is 15.3 Å². The third-order valence-corrected chi connectivity index (χ3v) is 1.78. The van der Waals surface area contributed by atoms with Crippen LogP contribution in [0, 0.1) is 12.3 Å². The molecule has 0 aliphatic heterocycles. The maximum atomic E-state index is 11.5. The van der Waals surface area contributed by atoms with Crippen molar-refractivity contribution < 1.29 is 14.7 Å². The molecule has 5 nitrogen and oxygen atoms in total. The number of hydrogen-bond acceptors (Lipinski definition) is 2. The highest BCUT2D eigenvalue weighted by atomic mass is 16.4. The molecule has 0 saturated heterocycles. The van der Waals surface area contributed by atoms with E-state index < -0.39 is 17.5 Å². The third-order valence-electron chi connectivity index (χ3n) is 1.78. The Morgan fingerprint density at radius 1 is 1.53 bits per heavy atom. The summed E-state index contributed by atoms with van der Waals surface area (Å²) in [7, 11) is 0. The topological polar surface area (TPSA) is 69.6 Å². The number of urea groups is 1. The predicted octanol–water partition coefficient (Wildman–Crippen LogP) is 0.514. The lowest BCUT2D eigenvalue weighted by molar-refractivity contribution is -0.137. The first kappa shape index (κ1) is 13.3. The van der Waals surface area contributed by atoms with E-state index in [1.807, 2.05) is 0 Å². The van der Waals surface area contributed by atoms with Gasteiger partial charge in [-0.05, 0) is 20.8 Å². The zero-order valence-corrected chi connectivity index (χ0v) is 9.20. The van der Waals surface area contributed by atoms with Crippen LogP contribution in [-0.2, 0) is 4.79 Å². The van der Waals surface area contributed by atoms with Gasteiger partial charge >= 0.3 is 12.0 Å². The van der Waals surface area contributed by atoms with Gasteiger partial charge in [-0.25, -0.2) is 4.79 Å². The lowest BCUT2D eigenvalue weighted by Gasteiger charge is -2.25. The van der Waals surface area contributed by atoms with Crippen molar-refractivity contribution in [2.75, 3.05) is 13.1 Å². The maximum absolute atomic E-state index is 11.5. The van der Waals surface area contributed by atoms with Crippen LogP contribution in [0.3, 0.4) is 0 Å². The third kappa shape index (κ3) is 4.91. The fraction of sp³-hybridized carbons (Fsp3) is 0.600. The predicted molar refractivity (Wildman–Crippen MR) is 56.3 cm³/mol. The summed E-state index contributed by atoms with van der Waals surface area (Å²) < 4.78 is 0. The molecule has 0 radical (unpaired) electrons. The first-order valence-corrected chi connectivity index (χ1v) is 4.59. The van der Waals surface area contributed by atoms with Crippen LogP contribution in [0.1, 0.15) is 20.8 Å². The average molecular weight is 212 g/mol. The van der Waals surface area contributed by atoms with E-state index in [4.69, 9.17) is 11.5 Å². The second-order valence-corrected chi connectivity index (χ2v) is 3.61. The number of carboxylic acids is 1. The summed E-state index contributed by atoms with van der Waals surface area (Å²) in [5, 5.41) is 11.1. The molecule has 0 aromatic carbocycles. The molecule has 0 rings (SSSR count). The summed E-state index contributed by atoms with van der Waals surface area (Å²) in [4.78, 5) is 23.2. The number of amides is 2. The quantitative estimate of drug-likeness (QED) is 0.667. The number of carboxylic acid groups (broad SMARTS) is 1. The molecule has 15 heavy (non-hydrogen) atoms. The number of aliphatic carboxylic acids is 1. The van der Waals surface area contributed by atoms with Crippen molar-refractivity contribution in [3.05, 3.63) is 0 Å². The van der Waals surface area contributed by atoms with Crippen LogP contribution in [0.4, 0.5) is 4.79 Å². The molecule has 0 aliphatic rings. The molecule has 0 unspecified atom stereocenters. The van der Waals surface area contributed by atoms with Gasteiger partial charge in [-0.2, -0.15) is 0 Å². The molecule has 0 fully saturated rings. The molecule has 2 N–H and O–H groups in total. The highest BCUT2D eigenvalue weighted by Gasteiger charge is 2.21. The van der Waals surface area contributed by atoms with E-state index in [0.717, 1.165) is 0 Å². The molecule has 0 aliphatic carbocycles. The Kier molecular flexibility index (Phi) is 4.65. The zero-order valence-electron chi connectivity index (χ0n) is 9.20. The van der Waals surface area contributed by atoms with Crippen LogP contribution in [0.25, 0.3) is 0 Å². The largest absolute Gasteiger partial charge is 0.480 e. The Morgan fingerprint density at radius 2 is 2.07 bits per heavy atom. The average Bonchev–Trinajstić information content (AvgIpc) is 2.13. The standard InChI is InChI=1S/C10H16N2O3/c1-5-10(3,4)11-9(15)12(6-2)7-8(13)14/h1H,6-7H2,2-4H3,(H,11,15)(H,13,14). The summed E-state index contributed by atoms with van der Waals surface area (Å²) in [6, 6.07) is -0.470. The van der Waals surface area contributed by atoms with Crippen LogP contribution >= 0.6 is 0 Å². The molecule has 0 aromatic heterocycles. The van der Waals surface area contributed by atoms with Crippen molar-refractivity contribution in [1.29, 1.82) is 0 Å². The van der Waals surface area contributed by atoms with E-state index in [9.17, 15) is 9.59 Å². The fourth-order valence-corrected chi connectivity index (χ4v) is 0.873. The van der Waals surface area contributed by atoms with E-state index in [1.165, 1.54) is 4.90 Å². The summed E-state index contributed by atoms with van der Waals surface area (Å²) in [5.41, 5.74) is -0.775. The second-order valence-electron chi connectivity index (χ2n) is 3.61. The van der Waals surface area contributed by atoms with Gasteiger partial charge in [0.15, 0.2) is 0 Å². The van der Waals surface area contributed by atoms with Crippen LogP contribution < -0.4 is 5.32 Å². The minimum Gasteiger partial charge on any atom is -0.480 e. The highest BCUT2D eigenvalue weighted by molar-refractivity contribution is 5.80. The van der Waals surface area contributed by atoms with E-state index in [2.05, 4.69) is 11.2 Å². The van der Waals surface area contributed by atoms with Crippen molar-refractivity contribution in [1.82, 2.24) is 10.2 Å². The number of hydrogen-bond donors (Lipinski definition) is 2. The van der Waals surface area contributed by atoms with E-state index in [0.29, 0.717) is 6.54 Å². The Labute approximate surface area is 89.4 Å². The Hall–Kier alpha value is -1.70. The molecule has 0 aromatic rings. The number of nitrogens with zero attached hydrogens (tertiary/aromatic N) is 1. The Balaban J connectivity index is 4.42. The van der Waals surface area contributed by atoms with Crippen LogP contribution in [0.2, 0.25) is 0 Å². The molecule has 84 valence electrons. The molecule has 2 amide bonds. The first-order chi connectivity index (χ1) is 6.82. The van der Waals surface area contributed by atoms with Gasteiger partial charge in [0.05, 0.1) is 5.54 Å². The maximum Gasteiger partial charge on any atom is 0.323 e. The normalized spacial score (nSPS) is 10.3. The van der Waals surface area contributed by atoms with Crippen LogP contribution in [-0.4, -0.2) is 40.6 Å². The van der Waals surface area contributed by atoms with E-state index in [-0.39, 0.29) is 6.54 Å². The Bertz CT molecular complexity index is 292. The lowest BCUT2D eigenvalue weighted by Crippen LogP contribution is -2.50. The van der Waals surface area contributed by atoms with Gasteiger partial charge in [-0.3, -0.25) is 4.79 Å². The van der Waals surface area contributed by atoms with Gasteiger partial charge in [0, 0.05) is 6.54 Å². The molecular weight excluding hydrogens is 196 g/mol. The minimum absolute atomic E-state index is 0.318. The first-order valence-electron chi connectivity index (χ1n) is 4.59. The number of nitrogens with one attached hydrogen (secondary N) is 1. The van der Waals surface area contributed by atoms with E-state index >= 15 is 0 Å². The number of terminal acetylenes is 1. The summed E-state index contributed by atoms with van der Waals surface area (Å²) in [5.74, 6) is 1.35. The summed E-state index contributed by atoms with van der Waals surface area (Å²) >= 11 is 0. The van der Waals surface area contributed by atoms with Gasteiger partial charge in [0.25, 0.3) is 0 Å².